The second-order valence-electron chi connectivity index (χ2n) is 3.90. The zero-order valence-electron chi connectivity index (χ0n) is 9.18. The highest BCUT2D eigenvalue weighted by molar-refractivity contribution is 5.45. The summed E-state index contributed by atoms with van der Waals surface area (Å²) < 4.78 is 1.93. The van der Waals surface area contributed by atoms with Crippen LogP contribution in [0, 0.1) is 6.92 Å². The molecule has 15 heavy (non-hydrogen) atoms. The van der Waals surface area contributed by atoms with Gasteiger partial charge < -0.3 is 5.73 Å². The molecule has 0 bridgehead atoms. The summed E-state index contributed by atoms with van der Waals surface area (Å²) >= 11 is 0. The first-order valence-electron chi connectivity index (χ1n) is 5.03. The quantitative estimate of drug-likeness (QED) is 0.790. The largest absolute Gasteiger partial charge is 0.327 e. The van der Waals surface area contributed by atoms with Crippen LogP contribution in [-0.2, 0) is 0 Å². The first-order valence-corrected chi connectivity index (χ1v) is 5.03. The van der Waals surface area contributed by atoms with Crippen molar-refractivity contribution in [3.63, 3.8) is 0 Å². The summed E-state index contributed by atoms with van der Waals surface area (Å²) in [6.07, 6.45) is 3.62. The lowest BCUT2D eigenvalue weighted by molar-refractivity contribution is 0.599. The van der Waals surface area contributed by atoms with E-state index >= 15 is 0 Å². The van der Waals surface area contributed by atoms with Crippen LogP contribution in [0.15, 0.2) is 12.4 Å². The Bertz CT molecular complexity index is 474. The van der Waals surface area contributed by atoms with Crippen LogP contribution in [0.5, 0.6) is 0 Å². The minimum atomic E-state index is 0.0562. The summed E-state index contributed by atoms with van der Waals surface area (Å²) in [5.41, 5.74) is 7.58. The Kier molecular flexibility index (Phi) is 2.40. The monoisotopic (exact) mass is 205 g/mol. The molecular formula is C10H15N5. The van der Waals surface area contributed by atoms with Crippen LogP contribution in [0.1, 0.15) is 31.3 Å². The molecular weight excluding hydrogens is 190 g/mol. The fourth-order valence-electron chi connectivity index (χ4n) is 1.53. The van der Waals surface area contributed by atoms with Gasteiger partial charge in [0, 0.05) is 24.4 Å². The van der Waals surface area contributed by atoms with Gasteiger partial charge in [-0.1, -0.05) is 6.92 Å². The predicted octanol–water partition coefficient (Wildman–Crippen LogP) is 0.883. The van der Waals surface area contributed by atoms with Crippen molar-refractivity contribution in [1.29, 1.82) is 0 Å². The van der Waals surface area contributed by atoms with Crippen molar-refractivity contribution in [3.8, 4) is 0 Å². The maximum Gasteiger partial charge on any atom is 0.182 e. The Morgan fingerprint density at radius 1 is 1.33 bits per heavy atom. The van der Waals surface area contributed by atoms with E-state index in [0.29, 0.717) is 0 Å². The molecule has 0 saturated heterocycles. The molecule has 0 aliphatic carbocycles. The van der Waals surface area contributed by atoms with E-state index in [1.807, 2.05) is 24.4 Å². The Hall–Kier alpha value is -1.49. The van der Waals surface area contributed by atoms with Gasteiger partial charge in [-0.25, -0.2) is 0 Å². The minimum absolute atomic E-state index is 0.0562. The van der Waals surface area contributed by atoms with Crippen LogP contribution in [0.4, 0.5) is 0 Å². The molecule has 0 aliphatic heterocycles. The molecule has 5 heteroatoms. The Balaban J connectivity index is 2.61. The number of fused-ring (bicyclic) bond motifs is 1. The molecule has 80 valence electrons. The molecule has 0 radical (unpaired) electrons. The van der Waals surface area contributed by atoms with Gasteiger partial charge >= 0.3 is 0 Å². The number of rotatable bonds is 2. The normalized spacial score (nSPS) is 15.5. The Morgan fingerprint density at radius 3 is 2.73 bits per heavy atom. The molecule has 2 atom stereocenters. The standard InChI is InChI=1S/C10H15N5/c1-6(7(2)11)9-10-14-13-8(3)15(10)5-4-12-9/h4-7H,11H2,1-3H3. The molecule has 2 aromatic heterocycles. The summed E-state index contributed by atoms with van der Waals surface area (Å²) in [6.45, 7) is 5.94. The van der Waals surface area contributed by atoms with Gasteiger partial charge in [0.15, 0.2) is 5.65 Å². The van der Waals surface area contributed by atoms with Crippen molar-refractivity contribution in [1.82, 2.24) is 19.6 Å². The number of aromatic nitrogens is 4. The van der Waals surface area contributed by atoms with E-state index < -0.39 is 0 Å². The van der Waals surface area contributed by atoms with Crippen molar-refractivity contribution < 1.29 is 0 Å². The molecule has 2 aromatic rings. The highest BCUT2D eigenvalue weighted by Crippen LogP contribution is 2.19. The van der Waals surface area contributed by atoms with Gasteiger partial charge in [0.2, 0.25) is 0 Å². The van der Waals surface area contributed by atoms with E-state index in [0.717, 1.165) is 17.2 Å². The molecule has 0 aliphatic rings. The van der Waals surface area contributed by atoms with E-state index in [9.17, 15) is 0 Å². The fourth-order valence-corrected chi connectivity index (χ4v) is 1.53. The molecule has 0 amide bonds. The lowest BCUT2D eigenvalue weighted by atomic mass is 10.0. The smallest absolute Gasteiger partial charge is 0.182 e. The molecule has 0 saturated carbocycles. The average Bonchev–Trinajstić information content (AvgIpc) is 2.59. The van der Waals surface area contributed by atoms with E-state index in [1.165, 1.54) is 0 Å². The lowest BCUT2D eigenvalue weighted by Crippen LogP contribution is -2.23. The molecule has 2 unspecified atom stereocenters. The maximum absolute atomic E-state index is 5.87. The van der Waals surface area contributed by atoms with Crippen LogP contribution < -0.4 is 5.73 Å². The van der Waals surface area contributed by atoms with Gasteiger partial charge in [0.1, 0.15) is 5.82 Å². The first-order chi connectivity index (χ1) is 7.11. The van der Waals surface area contributed by atoms with E-state index in [1.54, 1.807) is 6.20 Å². The molecule has 0 fully saturated rings. The number of nitrogens with zero attached hydrogens (tertiary/aromatic N) is 4. The van der Waals surface area contributed by atoms with Crippen molar-refractivity contribution in [2.24, 2.45) is 5.73 Å². The zero-order valence-corrected chi connectivity index (χ0v) is 9.18. The number of hydrogen-bond donors (Lipinski definition) is 1. The van der Waals surface area contributed by atoms with E-state index in [-0.39, 0.29) is 12.0 Å². The summed E-state index contributed by atoms with van der Waals surface area (Å²) in [4.78, 5) is 4.34. The van der Waals surface area contributed by atoms with Gasteiger partial charge in [0.05, 0.1) is 5.69 Å². The third kappa shape index (κ3) is 1.59. The molecule has 0 aromatic carbocycles. The van der Waals surface area contributed by atoms with E-state index in [4.69, 9.17) is 5.73 Å². The molecule has 2 rings (SSSR count). The van der Waals surface area contributed by atoms with Crippen LogP contribution in [0.3, 0.4) is 0 Å². The van der Waals surface area contributed by atoms with Gasteiger partial charge in [-0.05, 0) is 13.8 Å². The topological polar surface area (TPSA) is 69.1 Å². The van der Waals surface area contributed by atoms with Gasteiger partial charge in [-0.15, -0.1) is 10.2 Å². The van der Waals surface area contributed by atoms with Crippen molar-refractivity contribution >= 4 is 5.65 Å². The van der Waals surface area contributed by atoms with Crippen LogP contribution in [-0.4, -0.2) is 25.6 Å². The van der Waals surface area contributed by atoms with E-state index in [2.05, 4.69) is 22.1 Å². The van der Waals surface area contributed by atoms with Crippen LogP contribution >= 0.6 is 0 Å². The van der Waals surface area contributed by atoms with Crippen LogP contribution in [0.2, 0.25) is 0 Å². The highest BCUT2D eigenvalue weighted by Gasteiger charge is 2.17. The van der Waals surface area contributed by atoms with Crippen molar-refractivity contribution in [2.45, 2.75) is 32.7 Å². The Labute approximate surface area is 88.3 Å². The highest BCUT2D eigenvalue weighted by atomic mass is 15.2. The maximum atomic E-state index is 5.87. The lowest BCUT2D eigenvalue weighted by Gasteiger charge is -2.14. The molecule has 5 nitrogen and oxygen atoms in total. The first kappa shape index (κ1) is 10.0. The number of nitrogens with two attached hydrogens (primary N) is 1. The third-order valence-electron chi connectivity index (χ3n) is 2.74. The van der Waals surface area contributed by atoms with Gasteiger partial charge in [-0.2, -0.15) is 0 Å². The second-order valence-corrected chi connectivity index (χ2v) is 3.90. The third-order valence-corrected chi connectivity index (χ3v) is 2.74. The van der Waals surface area contributed by atoms with Crippen LogP contribution in [0.25, 0.3) is 5.65 Å². The molecule has 2 N–H and O–H groups in total. The average molecular weight is 205 g/mol. The summed E-state index contributed by atoms with van der Waals surface area (Å²) in [5, 5.41) is 8.15. The van der Waals surface area contributed by atoms with Gasteiger partial charge in [0.25, 0.3) is 0 Å². The second kappa shape index (κ2) is 3.58. The number of hydrogen-bond acceptors (Lipinski definition) is 4. The van der Waals surface area contributed by atoms with Crippen molar-refractivity contribution in [3.05, 3.63) is 23.9 Å². The SMILES string of the molecule is Cc1nnc2c(C(C)C(C)N)nccn12. The fraction of sp³-hybridized carbons (Fsp3) is 0.500. The van der Waals surface area contributed by atoms with Crippen molar-refractivity contribution in [2.75, 3.05) is 0 Å². The summed E-state index contributed by atoms with van der Waals surface area (Å²) in [6, 6.07) is 0.0562. The minimum Gasteiger partial charge on any atom is -0.327 e. The Morgan fingerprint density at radius 2 is 2.07 bits per heavy atom. The zero-order chi connectivity index (χ0) is 11.0. The van der Waals surface area contributed by atoms with Gasteiger partial charge in [-0.3, -0.25) is 9.38 Å². The summed E-state index contributed by atoms with van der Waals surface area (Å²) in [5.74, 6) is 1.04. The predicted molar refractivity (Wildman–Crippen MR) is 57.6 cm³/mol. The molecule has 2 heterocycles. The molecule has 0 spiro atoms. The number of aryl methyl sites for hydroxylation is 1. The summed E-state index contributed by atoms with van der Waals surface area (Å²) in [7, 11) is 0.